The SMILES string of the molecule is Cc1ccc2nc(C3Cc4ccccc4N3C(=O)C(C)N)[nH]c2c1. The van der Waals surface area contributed by atoms with Crippen LogP contribution in [0.3, 0.4) is 0 Å². The highest BCUT2D eigenvalue weighted by atomic mass is 16.2. The Hall–Kier alpha value is -2.66. The highest BCUT2D eigenvalue weighted by Crippen LogP contribution is 2.40. The topological polar surface area (TPSA) is 75.0 Å². The molecule has 0 spiro atoms. The van der Waals surface area contributed by atoms with Gasteiger partial charge in [-0.1, -0.05) is 24.3 Å². The molecule has 1 amide bonds. The molecular weight excluding hydrogens is 300 g/mol. The second kappa shape index (κ2) is 5.46. The maximum atomic E-state index is 12.7. The fraction of sp³-hybridized carbons (Fsp3) is 0.263. The second-order valence-corrected chi connectivity index (χ2v) is 6.49. The maximum Gasteiger partial charge on any atom is 0.244 e. The lowest BCUT2D eigenvalue weighted by Crippen LogP contribution is -2.43. The zero-order valence-electron chi connectivity index (χ0n) is 13.8. The van der Waals surface area contributed by atoms with Crippen molar-refractivity contribution in [2.75, 3.05) is 4.90 Å². The number of carbonyl (C=O) groups is 1. The summed E-state index contributed by atoms with van der Waals surface area (Å²) in [5.74, 6) is 0.724. The summed E-state index contributed by atoms with van der Waals surface area (Å²) in [5, 5.41) is 0. The number of para-hydroxylation sites is 1. The van der Waals surface area contributed by atoms with Gasteiger partial charge in [0.25, 0.3) is 0 Å². The fourth-order valence-corrected chi connectivity index (χ4v) is 3.40. The van der Waals surface area contributed by atoms with E-state index in [0.29, 0.717) is 0 Å². The van der Waals surface area contributed by atoms with E-state index in [1.165, 1.54) is 5.56 Å². The molecule has 2 atom stereocenters. The van der Waals surface area contributed by atoms with E-state index in [1.54, 1.807) is 11.8 Å². The molecule has 4 rings (SSSR count). The van der Waals surface area contributed by atoms with Crippen LogP contribution in [0.15, 0.2) is 42.5 Å². The first-order valence-corrected chi connectivity index (χ1v) is 8.17. The van der Waals surface area contributed by atoms with Crippen LogP contribution in [0.5, 0.6) is 0 Å². The smallest absolute Gasteiger partial charge is 0.244 e. The normalized spacial score (nSPS) is 18.0. The quantitative estimate of drug-likeness (QED) is 0.762. The van der Waals surface area contributed by atoms with E-state index in [2.05, 4.69) is 24.0 Å². The lowest BCUT2D eigenvalue weighted by Gasteiger charge is -2.25. The van der Waals surface area contributed by atoms with E-state index in [0.717, 1.165) is 34.5 Å². The van der Waals surface area contributed by atoms with Crippen molar-refractivity contribution in [3.05, 3.63) is 59.4 Å². The molecule has 2 aromatic carbocycles. The highest BCUT2D eigenvalue weighted by Gasteiger charge is 2.37. The van der Waals surface area contributed by atoms with Gasteiger partial charge in [0.15, 0.2) is 0 Å². The zero-order valence-corrected chi connectivity index (χ0v) is 13.8. The summed E-state index contributed by atoms with van der Waals surface area (Å²) in [5.41, 5.74) is 11.1. The Balaban J connectivity index is 1.82. The number of nitrogens with two attached hydrogens (primary N) is 1. The van der Waals surface area contributed by atoms with Crippen molar-refractivity contribution in [3.8, 4) is 0 Å². The van der Waals surface area contributed by atoms with Crippen molar-refractivity contribution in [1.82, 2.24) is 9.97 Å². The first-order chi connectivity index (χ1) is 11.5. The van der Waals surface area contributed by atoms with Gasteiger partial charge in [0, 0.05) is 12.1 Å². The molecule has 122 valence electrons. The molecule has 5 heteroatoms. The average molecular weight is 320 g/mol. The molecule has 0 fully saturated rings. The summed E-state index contributed by atoms with van der Waals surface area (Å²) in [6.45, 7) is 3.78. The number of aryl methyl sites for hydroxylation is 1. The summed E-state index contributed by atoms with van der Waals surface area (Å²) in [4.78, 5) is 22.6. The Morgan fingerprint density at radius 3 is 2.92 bits per heavy atom. The van der Waals surface area contributed by atoms with E-state index in [1.807, 2.05) is 30.3 Å². The number of benzene rings is 2. The molecule has 1 aromatic heterocycles. The van der Waals surface area contributed by atoms with Gasteiger partial charge in [0.05, 0.1) is 23.1 Å². The molecular formula is C19H20N4O. The fourth-order valence-electron chi connectivity index (χ4n) is 3.40. The van der Waals surface area contributed by atoms with Gasteiger partial charge < -0.3 is 10.7 Å². The van der Waals surface area contributed by atoms with E-state index in [9.17, 15) is 4.79 Å². The monoisotopic (exact) mass is 320 g/mol. The molecule has 2 unspecified atom stereocenters. The van der Waals surface area contributed by atoms with Gasteiger partial charge in [-0.3, -0.25) is 9.69 Å². The van der Waals surface area contributed by atoms with Gasteiger partial charge in [0.1, 0.15) is 5.82 Å². The van der Waals surface area contributed by atoms with Crippen LogP contribution in [0.2, 0.25) is 0 Å². The number of anilines is 1. The molecule has 1 aliphatic heterocycles. The predicted octanol–water partition coefficient (Wildman–Crippen LogP) is 2.85. The Labute approximate surface area is 140 Å². The number of nitrogens with zero attached hydrogens (tertiary/aromatic N) is 2. The van der Waals surface area contributed by atoms with Crippen LogP contribution >= 0.6 is 0 Å². The average Bonchev–Trinajstić information content (AvgIpc) is 3.14. The number of rotatable bonds is 2. The molecule has 0 bridgehead atoms. The number of amides is 1. The van der Waals surface area contributed by atoms with E-state index in [-0.39, 0.29) is 11.9 Å². The van der Waals surface area contributed by atoms with Gasteiger partial charge >= 0.3 is 0 Å². The second-order valence-electron chi connectivity index (χ2n) is 6.49. The standard InChI is InChI=1S/C19H20N4O/c1-11-7-8-14-15(9-11)22-18(21-14)17-10-13-5-3-4-6-16(13)23(17)19(24)12(2)20/h3-9,12,17H,10,20H2,1-2H3,(H,21,22). The molecule has 5 nitrogen and oxygen atoms in total. The number of aromatic nitrogens is 2. The van der Waals surface area contributed by atoms with Crippen molar-refractivity contribution in [1.29, 1.82) is 0 Å². The summed E-state index contributed by atoms with van der Waals surface area (Å²) >= 11 is 0. The molecule has 3 aromatic rings. The maximum absolute atomic E-state index is 12.7. The molecule has 0 saturated carbocycles. The number of hydrogen-bond acceptors (Lipinski definition) is 3. The van der Waals surface area contributed by atoms with Crippen LogP contribution in [0.25, 0.3) is 11.0 Å². The van der Waals surface area contributed by atoms with E-state index >= 15 is 0 Å². The van der Waals surface area contributed by atoms with Gasteiger partial charge in [-0.05, 0) is 43.2 Å². The summed E-state index contributed by atoms with van der Waals surface area (Å²) in [6, 6.07) is 13.4. The van der Waals surface area contributed by atoms with Crippen LogP contribution in [0.1, 0.15) is 29.9 Å². The molecule has 1 aliphatic rings. The van der Waals surface area contributed by atoms with Gasteiger partial charge in [-0.2, -0.15) is 0 Å². The Morgan fingerprint density at radius 2 is 2.12 bits per heavy atom. The third-order valence-electron chi connectivity index (χ3n) is 4.57. The van der Waals surface area contributed by atoms with Crippen molar-refractivity contribution >= 4 is 22.6 Å². The van der Waals surface area contributed by atoms with E-state index in [4.69, 9.17) is 10.7 Å². The summed E-state index contributed by atoms with van der Waals surface area (Å²) in [7, 11) is 0. The van der Waals surface area contributed by atoms with Gasteiger partial charge in [0.2, 0.25) is 5.91 Å². The van der Waals surface area contributed by atoms with Gasteiger partial charge in [-0.15, -0.1) is 0 Å². The highest BCUT2D eigenvalue weighted by molar-refractivity contribution is 5.99. The minimum atomic E-state index is -0.551. The summed E-state index contributed by atoms with van der Waals surface area (Å²) < 4.78 is 0. The molecule has 0 radical (unpaired) electrons. The van der Waals surface area contributed by atoms with Crippen molar-refractivity contribution < 1.29 is 4.79 Å². The Morgan fingerprint density at radius 1 is 1.33 bits per heavy atom. The third-order valence-corrected chi connectivity index (χ3v) is 4.57. The van der Waals surface area contributed by atoms with Crippen molar-refractivity contribution in [3.63, 3.8) is 0 Å². The molecule has 0 saturated heterocycles. The predicted molar refractivity (Wildman–Crippen MR) is 94.9 cm³/mol. The third kappa shape index (κ3) is 2.29. The zero-order chi connectivity index (χ0) is 16.8. The van der Waals surface area contributed by atoms with Crippen LogP contribution in [0, 0.1) is 6.92 Å². The van der Waals surface area contributed by atoms with E-state index < -0.39 is 6.04 Å². The van der Waals surface area contributed by atoms with Crippen LogP contribution in [0.4, 0.5) is 5.69 Å². The Bertz CT molecular complexity index is 928. The van der Waals surface area contributed by atoms with Crippen molar-refractivity contribution in [2.24, 2.45) is 5.73 Å². The minimum absolute atomic E-state index is 0.0819. The number of aromatic amines is 1. The number of carbonyl (C=O) groups excluding carboxylic acids is 1. The molecule has 2 heterocycles. The number of imidazole rings is 1. The largest absolute Gasteiger partial charge is 0.340 e. The lowest BCUT2D eigenvalue weighted by atomic mass is 10.1. The number of fused-ring (bicyclic) bond motifs is 2. The van der Waals surface area contributed by atoms with Crippen LogP contribution in [-0.4, -0.2) is 21.9 Å². The molecule has 24 heavy (non-hydrogen) atoms. The minimum Gasteiger partial charge on any atom is -0.340 e. The van der Waals surface area contributed by atoms with Crippen LogP contribution < -0.4 is 10.6 Å². The molecule has 3 N–H and O–H groups in total. The first kappa shape index (κ1) is 14.9. The van der Waals surface area contributed by atoms with Gasteiger partial charge in [-0.25, -0.2) is 4.98 Å². The number of nitrogens with one attached hydrogen (secondary N) is 1. The lowest BCUT2D eigenvalue weighted by molar-refractivity contribution is -0.119. The first-order valence-electron chi connectivity index (χ1n) is 8.17. The summed E-state index contributed by atoms with van der Waals surface area (Å²) in [6.07, 6.45) is 0.743. The number of H-pyrrole nitrogens is 1. The Kier molecular flexibility index (Phi) is 3.39. The number of hydrogen-bond donors (Lipinski definition) is 2. The van der Waals surface area contributed by atoms with Crippen LogP contribution in [-0.2, 0) is 11.2 Å². The molecule has 0 aliphatic carbocycles. The van der Waals surface area contributed by atoms with Crippen molar-refractivity contribution in [2.45, 2.75) is 32.4 Å².